The van der Waals surface area contributed by atoms with Crippen molar-refractivity contribution < 1.29 is 24.1 Å². The van der Waals surface area contributed by atoms with Gasteiger partial charge in [0.2, 0.25) is 5.43 Å². The number of H-pyrrole nitrogens is 1. The van der Waals surface area contributed by atoms with Crippen molar-refractivity contribution in [3.05, 3.63) is 73.8 Å². The van der Waals surface area contributed by atoms with Crippen molar-refractivity contribution in [1.82, 2.24) is 4.98 Å². The number of aromatic nitrogens is 1. The molecule has 0 unspecified atom stereocenters. The van der Waals surface area contributed by atoms with Gasteiger partial charge in [0, 0.05) is 18.0 Å². The van der Waals surface area contributed by atoms with Gasteiger partial charge in [0.05, 0.1) is 28.8 Å². The number of halogens is 2. The Morgan fingerprint density at radius 3 is 2.58 bits per heavy atom. The summed E-state index contributed by atoms with van der Waals surface area (Å²) < 4.78 is 20.2. The average molecular weight is 448 g/mol. The number of aliphatic hydroxyl groups is 1. The summed E-state index contributed by atoms with van der Waals surface area (Å²) >= 11 is 5.91. The van der Waals surface area contributed by atoms with E-state index in [1.807, 2.05) is 0 Å². The molecule has 0 spiro atoms. The molecule has 0 aliphatic heterocycles. The summed E-state index contributed by atoms with van der Waals surface area (Å²) in [7, 11) is 1.42. The van der Waals surface area contributed by atoms with Gasteiger partial charge in [-0.05, 0) is 36.1 Å². The lowest BCUT2D eigenvalue weighted by Crippen LogP contribution is -2.30. The number of rotatable bonds is 6. The van der Waals surface area contributed by atoms with Crippen LogP contribution in [-0.2, 0) is 12.0 Å². The molecule has 2 aromatic carbocycles. The van der Waals surface area contributed by atoms with Crippen LogP contribution >= 0.6 is 11.6 Å². The molecule has 1 atom stereocenters. The summed E-state index contributed by atoms with van der Waals surface area (Å²) in [4.78, 5) is 27.2. The number of hydrogen-bond acceptors (Lipinski definition) is 4. The fourth-order valence-corrected chi connectivity index (χ4v) is 3.78. The van der Waals surface area contributed by atoms with Gasteiger partial charge in [0.25, 0.3) is 0 Å². The molecule has 0 radical (unpaired) electrons. The first-order valence-corrected chi connectivity index (χ1v) is 10.0. The fraction of sp³-hybridized carbons (Fsp3) is 0.304. The first-order chi connectivity index (χ1) is 14.5. The van der Waals surface area contributed by atoms with Crippen LogP contribution < -0.4 is 10.2 Å². The largest absolute Gasteiger partial charge is 0.496 e. The molecule has 0 aliphatic carbocycles. The molecule has 31 heavy (non-hydrogen) atoms. The number of pyridine rings is 1. The molecule has 0 fully saturated rings. The Labute approximate surface area is 183 Å². The lowest BCUT2D eigenvalue weighted by atomic mass is 9.81. The van der Waals surface area contributed by atoms with E-state index in [1.54, 1.807) is 32.9 Å². The summed E-state index contributed by atoms with van der Waals surface area (Å²) in [5.74, 6) is -1.98. The SMILES string of the molecule is COc1c(Cc2cccc(Cl)c2F)cc2c(=O)c(C(=O)O)c[nH]c2c1[C@@](C)(O)C(C)C. The molecule has 8 heteroatoms. The molecule has 6 nitrogen and oxygen atoms in total. The van der Waals surface area contributed by atoms with Crippen molar-refractivity contribution in [2.75, 3.05) is 7.11 Å². The number of methoxy groups -OCH3 is 1. The van der Waals surface area contributed by atoms with Crippen LogP contribution in [0.4, 0.5) is 4.39 Å². The minimum atomic E-state index is -1.44. The predicted molar refractivity (Wildman–Crippen MR) is 117 cm³/mol. The monoisotopic (exact) mass is 447 g/mol. The summed E-state index contributed by atoms with van der Waals surface area (Å²) in [6.45, 7) is 5.19. The number of nitrogens with one attached hydrogen (secondary N) is 1. The number of hydrogen-bond donors (Lipinski definition) is 3. The van der Waals surface area contributed by atoms with Gasteiger partial charge >= 0.3 is 5.97 Å². The Bertz CT molecular complexity index is 1230. The topological polar surface area (TPSA) is 99.6 Å². The molecule has 0 bridgehead atoms. The Kier molecular flexibility index (Phi) is 6.11. The van der Waals surface area contributed by atoms with E-state index in [-0.39, 0.29) is 39.6 Å². The average Bonchev–Trinajstić information content (AvgIpc) is 2.70. The molecule has 1 aromatic heterocycles. The van der Waals surface area contributed by atoms with E-state index in [0.29, 0.717) is 11.1 Å². The number of aromatic amines is 1. The summed E-state index contributed by atoms with van der Waals surface area (Å²) in [5.41, 5.74) is -1.34. The molecule has 1 heterocycles. The van der Waals surface area contributed by atoms with Gasteiger partial charge in [-0.15, -0.1) is 0 Å². The lowest BCUT2D eigenvalue weighted by molar-refractivity contribution is 0.00818. The number of ether oxygens (including phenoxy) is 1. The van der Waals surface area contributed by atoms with Gasteiger partial charge in [-0.2, -0.15) is 0 Å². The van der Waals surface area contributed by atoms with Crippen molar-refractivity contribution >= 4 is 28.5 Å². The summed E-state index contributed by atoms with van der Waals surface area (Å²) in [6, 6.07) is 6.06. The Morgan fingerprint density at radius 1 is 1.32 bits per heavy atom. The zero-order valence-corrected chi connectivity index (χ0v) is 18.3. The molecule has 0 saturated carbocycles. The minimum Gasteiger partial charge on any atom is -0.496 e. The van der Waals surface area contributed by atoms with Crippen molar-refractivity contribution in [2.24, 2.45) is 5.92 Å². The number of carboxylic acid groups (broad SMARTS) is 1. The Hall–Kier alpha value is -2.90. The van der Waals surface area contributed by atoms with Crippen LogP contribution in [0.1, 0.15) is 47.8 Å². The van der Waals surface area contributed by atoms with Crippen LogP contribution in [0.5, 0.6) is 5.75 Å². The van der Waals surface area contributed by atoms with Crippen molar-refractivity contribution in [1.29, 1.82) is 0 Å². The zero-order valence-electron chi connectivity index (χ0n) is 17.5. The molecule has 0 saturated heterocycles. The van der Waals surface area contributed by atoms with Crippen LogP contribution in [0, 0.1) is 11.7 Å². The van der Waals surface area contributed by atoms with Gasteiger partial charge < -0.3 is 19.9 Å². The van der Waals surface area contributed by atoms with Gasteiger partial charge in [0.15, 0.2) is 0 Å². The molecular weight excluding hydrogens is 425 g/mol. The molecule has 3 N–H and O–H groups in total. The van der Waals surface area contributed by atoms with Crippen molar-refractivity contribution in [3.8, 4) is 5.75 Å². The van der Waals surface area contributed by atoms with E-state index in [0.717, 1.165) is 6.20 Å². The van der Waals surface area contributed by atoms with Crippen LogP contribution in [0.15, 0.2) is 35.3 Å². The van der Waals surface area contributed by atoms with E-state index >= 15 is 0 Å². The second kappa shape index (κ2) is 8.32. The van der Waals surface area contributed by atoms with Crippen LogP contribution in [0.2, 0.25) is 5.02 Å². The fourth-order valence-electron chi connectivity index (χ4n) is 3.59. The van der Waals surface area contributed by atoms with E-state index in [4.69, 9.17) is 16.3 Å². The highest BCUT2D eigenvalue weighted by atomic mass is 35.5. The lowest BCUT2D eigenvalue weighted by Gasteiger charge is -2.32. The molecule has 3 aromatic rings. The normalized spacial score (nSPS) is 13.4. The van der Waals surface area contributed by atoms with Crippen LogP contribution in [-0.4, -0.2) is 28.3 Å². The number of fused-ring (bicyclic) bond motifs is 1. The second-order valence-electron chi connectivity index (χ2n) is 7.90. The molecule has 164 valence electrons. The molecule has 0 aliphatic rings. The standard InChI is InChI=1S/C23H23ClFNO5/c1-11(2)23(3,30)17-19-14(20(27)15(10-26-19)22(28)29)9-13(21(17)31-4)8-12-6-5-7-16(24)18(12)25/h5-7,9-11,30H,8H2,1-4H3,(H,26,27)(H,28,29)/t23-/m0/s1. The second-order valence-corrected chi connectivity index (χ2v) is 8.30. The quantitative estimate of drug-likeness (QED) is 0.517. The van der Waals surface area contributed by atoms with E-state index in [1.165, 1.54) is 19.2 Å². The number of carboxylic acids is 1. The summed E-state index contributed by atoms with van der Waals surface area (Å²) in [5, 5.41) is 20.7. The number of aromatic carboxylic acids is 1. The van der Waals surface area contributed by atoms with E-state index in [9.17, 15) is 24.2 Å². The van der Waals surface area contributed by atoms with Gasteiger partial charge in [-0.25, -0.2) is 9.18 Å². The van der Waals surface area contributed by atoms with E-state index in [2.05, 4.69) is 4.98 Å². The van der Waals surface area contributed by atoms with Gasteiger partial charge in [-0.1, -0.05) is 37.6 Å². The van der Waals surface area contributed by atoms with E-state index < -0.39 is 28.4 Å². The first-order valence-electron chi connectivity index (χ1n) is 9.64. The number of carbonyl (C=O) groups is 1. The van der Waals surface area contributed by atoms with Gasteiger partial charge in [0.1, 0.15) is 17.1 Å². The molecule has 0 amide bonds. The highest BCUT2D eigenvalue weighted by Crippen LogP contribution is 2.42. The third kappa shape index (κ3) is 3.91. The first kappa shape index (κ1) is 22.8. The van der Waals surface area contributed by atoms with Crippen molar-refractivity contribution in [3.63, 3.8) is 0 Å². The smallest absolute Gasteiger partial charge is 0.341 e. The predicted octanol–water partition coefficient (Wildman–Crippen LogP) is 4.48. The Balaban J connectivity index is 2.43. The highest BCUT2D eigenvalue weighted by Gasteiger charge is 2.35. The third-order valence-corrected chi connectivity index (χ3v) is 5.98. The third-order valence-electron chi connectivity index (χ3n) is 5.68. The van der Waals surface area contributed by atoms with Crippen LogP contribution in [0.25, 0.3) is 10.9 Å². The maximum absolute atomic E-state index is 14.6. The number of benzene rings is 2. The maximum atomic E-state index is 14.6. The van der Waals surface area contributed by atoms with Gasteiger partial charge in [-0.3, -0.25) is 4.79 Å². The Morgan fingerprint density at radius 2 is 2.00 bits per heavy atom. The van der Waals surface area contributed by atoms with Crippen molar-refractivity contribution in [2.45, 2.75) is 32.8 Å². The minimum absolute atomic E-state index is 0.0173. The maximum Gasteiger partial charge on any atom is 0.341 e. The highest BCUT2D eigenvalue weighted by molar-refractivity contribution is 6.30. The molecular formula is C23H23ClFNO5. The zero-order chi connectivity index (χ0) is 23.1. The summed E-state index contributed by atoms with van der Waals surface area (Å²) in [6.07, 6.45) is 1.12. The molecule has 3 rings (SSSR count). The van der Waals surface area contributed by atoms with Crippen LogP contribution in [0.3, 0.4) is 0 Å².